The van der Waals surface area contributed by atoms with Gasteiger partial charge in [-0.15, -0.1) is 11.6 Å². The standard InChI is InChI=1S/C8H4BrClF4/c9-7-5(11)2-1-4(3-10)6(7)8(12,13)14/h1-2H,3H2. The molecule has 0 heterocycles. The number of alkyl halides is 4. The second-order valence-electron chi connectivity index (χ2n) is 2.53. The summed E-state index contributed by atoms with van der Waals surface area (Å²) in [6.45, 7) is 0. The topological polar surface area (TPSA) is 0 Å². The third kappa shape index (κ3) is 2.20. The Morgan fingerprint density at radius 3 is 2.29 bits per heavy atom. The molecule has 0 aliphatic heterocycles. The Bertz CT molecular complexity index is 348. The van der Waals surface area contributed by atoms with Gasteiger partial charge < -0.3 is 0 Å². The van der Waals surface area contributed by atoms with Gasteiger partial charge in [0, 0.05) is 5.88 Å². The highest BCUT2D eigenvalue weighted by Crippen LogP contribution is 2.39. The summed E-state index contributed by atoms with van der Waals surface area (Å²) in [6.07, 6.45) is -4.61. The van der Waals surface area contributed by atoms with Crippen LogP contribution in [0.25, 0.3) is 0 Å². The second kappa shape index (κ2) is 4.06. The maximum absolute atomic E-state index is 12.8. The van der Waals surface area contributed by atoms with Crippen molar-refractivity contribution in [3.63, 3.8) is 0 Å². The van der Waals surface area contributed by atoms with E-state index in [1.165, 1.54) is 0 Å². The number of rotatable bonds is 1. The van der Waals surface area contributed by atoms with Crippen molar-refractivity contribution in [2.45, 2.75) is 12.1 Å². The zero-order chi connectivity index (χ0) is 10.9. The minimum atomic E-state index is -4.61. The molecule has 1 aromatic carbocycles. The highest BCUT2D eigenvalue weighted by molar-refractivity contribution is 9.10. The molecule has 1 rings (SSSR count). The molecule has 78 valence electrons. The molecule has 0 bridgehead atoms. The lowest BCUT2D eigenvalue weighted by Gasteiger charge is -2.13. The van der Waals surface area contributed by atoms with Gasteiger partial charge in [0.1, 0.15) is 5.82 Å². The van der Waals surface area contributed by atoms with E-state index in [0.29, 0.717) is 0 Å². The quantitative estimate of drug-likeness (QED) is 0.533. The van der Waals surface area contributed by atoms with E-state index in [2.05, 4.69) is 15.9 Å². The van der Waals surface area contributed by atoms with E-state index >= 15 is 0 Å². The Kier molecular flexibility index (Phi) is 3.42. The summed E-state index contributed by atoms with van der Waals surface area (Å²) in [6, 6.07) is 1.97. The van der Waals surface area contributed by atoms with Crippen LogP contribution in [-0.4, -0.2) is 0 Å². The molecule has 0 saturated carbocycles. The van der Waals surface area contributed by atoms with Gasteiger partial charge in [-0.2, -0.15) is 13.2 Å². The van der Waals surface area contributed by atoms with Crippen LogP contribution >= 0.6 is 27.5 Å². The second-order valence-corrected chi connectivity index (χ2v) is 3.59. The van der Waals surface area contributed by atoms with Crippen LogP contribution in [0.2, 0.25) is 0 Å². The Hall–Kier alpha value is -0.290. The van der Waals surface area contributed by atoms with Crippen LogP contribution < -0.4 is 0 Å². The fraction of sp³-hybridized carbons (Fsp3) is 0.250. The molecule has 0 radical (unpaired) electrons. The molecule has 0 spiro atoms. The van der Waals surface area contributed by atoms with Crippen molar-refractivity contribution in [3.05, 3.63) is 33.5 Å². The summed E-state index contributed by atoms with van der Waals surface area (Å²) in [5.74, 6) is -1.26. The Balaban J connectivity index is 3.44. The van der Waals surface area contributed by atoms with E-state index in [1.54, 1.807) is 0 Å². The maximum atomic E-state index is 12.8. The summed E-state index contributed by atoms with van der Waals surface area (Å²) in [7, 11) is 0. The van der Waals surface area contributed by atoms with Crippen molar-refractivity contribution in [2.24, 2.45) is 0 Å². The SMILES string of the molecule is Fc1ccc(CCl)c(C(F)(F)F)c1Br. The van der Waals surface area contributed by atoms with Crippen molar-refractivity contribution < 1.29 is 17.6 Å². The molecule has 0 unspecified atom stereocenters. The van der Waals surface area contributed by atoms with Crippen LogP contribution in [0.5, 0.6) is 0 Å². The average Bonchev–Trinajstić information content (AvgIpc) is 2.07. The molecular weight excluding hydrogens is 287 g/mol. The molecule has 0 N–H and O–H groups in total. The first-order chi connectivity index (χ1) is 6.38. The fourth-order valence-electron chi connectivity index (χ4n) is 1.01. The highest BCUT2D eigenvalue weighted by Gasteiger charge is 2.36. The lowest BCUT2D eigenvalue weighted by atomic mass is 10.1. The molecule has 0 aromatic heterocycles. The normalized spacial score (nSPS) is 11.9. The first-order valence-corrected chi connectivity index (χ1v) is 4.80. The largest absolute Gasteiger partial charge is 0.417 e. The molecule has 0 nitrogen and oxygen atoms in total. The fourth-order valence-corrected chi connectivity index (χ4v) is 1.84. The van der Waals surface area contributed by atoms with Crippen molar-refractivity contribution in [1.29, 1.82) is 0 Å². The van der Waals surface area contributed by atoms with Crippen molar-refractivity contribution in [2.75, 3.05) is 0 Å². The third-order valence-electron chi connectivity index (χ3n) is 1.61. The van der Waals surface area contributed by atoms with E-state index in [0.717, 1.165) is 12.1 Å². The molecule has 1 aromatic rings. The number of halogens is 6. The molecule has 14 heavy (non-hydrogen) atoms. The summed E-state index contributed by atoms with van der Waals surface area (Å²) in [5, 5.41) is 0. The van der Waals surface area contributed by atoms with Crippen molar-refractivity contribution in [1.82, 2.24) is 0 Å². The maximum Gasteiger partial charge on any atom is 0.417 e. The molecule has 0 amide bonds. The summed E-state index contributed by atoms with van der Waals surface area (Å²) >= 11 is 7.87. The minimum Gasteiger partial charge on any atom is -0.206 e. The first-order valence-electron chi connectivity index (χ1n) is 3.48. The van der Waals surface area contributed by atoms with Gasteiger partial charge in [-0.1, -0.05) is 6.07 Å². The van der Waals surface area contributed by atoms with Gasteiger partial charge in [-0.3, -0.25) is 0 Å². The highest BCUT2D eigenvalue weighted by atomic mass is 79.9. The van der Waals surface area contributed by atoms with E-state index < -0.39 is 22.0 Å². The predicted molar refractivity (Wildman–Crippen MR) is 48.7 cm³/mol. The van der Waals surface area contributed by atoms with E-state index in [9.17, 15) is 17.6 Å². The molecule has 0 saturated heterocycles. The molecule has 0 atom stereocenters. The van der Waals surface area contributed by atoms with E-state index in [4.69, 9.17) is 11.6 Å². The minimum absolute atomic E-state index is 0.146. The van der Waals surface area contributed by atoms with Gasteiger partial charge in [0.2, 0.25) is 0 Å². The van der Waals surface area contributed by atoms with E-state index in [-0.39, 0.29) is 11.4 Å². The predicted octanol–water partition coefficient (Wildman–Crippen LogP) is 4.35. The smallest absolute Gasteiger partial charge is 0.206 e. The Labute approximate surface area is 91.0 Å². The third-order valence-corrected chi connectivity index (χ3v) is 2.67. The van der Waals surface area contributed by atoms with Gasteiger partial charge in [0.05, 0.1) is 10.0 Å². The van der Waals surface area contributed by atoms with Gasteiger partial charge in [-0.05, 0) is 27.6 Å². The monoisotopic (exact) mass is 290 g/mol. The van der Waals surface area contributed by atoms with Gasteiger partial charge in [-0.25, -0.2) is 4.39 Å². The lowest BCUT2D eigenvalue weighted by Crippen LogP contribution is -2.10. The summed E-state index contributed by atoms with van der Waals surface area (Å²) in [4.78, 5) is 0. The summed E-state index contributed by atoms with van der Waals surface area (Å²) < 4.78 is 49.5. The van der Waals surface area contributed by atoms with Crippen LogP contribution in [0.4, 0.5) is 17.6 Å². The van der Waals surface area contributed by atoms with Gasteiger partial charge >= 0.3 is 6.18 Å². The molecule has 6 heteroatoms. The number of benzene rings is 1. The van der Waals surface area contributed by atoms with Crippen LogP contribution in [0.1, 0.15) is 11.1 Å². The zero-order valence-electron chi connectivity index (χ0n) is 6.63. The number of hydrogen-bond donors (Lipinski definition) is 0. The number of hydrogen-bond acceptors (Lipinski definition) is 0. The molecule has 0 aliphatic carbocycles. The van der Waals surface area contributed by atoms with Crippen LogP contribution in [0, 0.1) is 5.82 Å². The van der Waals surface area contributed by atoms with Crippen molar-refractivity contribution in [3.8, 4) is 0 Å². The molecule has 0 fully saturated rings. The van der Waals surface area contributed by atoms with Crippen molar-refractivity contribution >= 4 is 27.5 Å². The molecule has 0 aliphatic rings. The van der Waals surface area contributed by atoms with Gasteiger partial charge in [0.25, 0.3) is 0 Å². The van der Waals surface area contributed by atoms with Gasteiger partial charge in [0.15, 0.2) is 0 Å². The van der Waals surface area contributed by atoms with E-state index in [1.807, 2.05) is 0 Å². The average molecular weight is 291 g/mol. The lowest BCUT2D eigenvalue weighted by molar-refractivity contribution is -0.138. The van der Waals surface area contributed by atoms with Crippen LogP contribution in [-0.2, 0) is 12.1 Å². The summed E-state index contributed by atoms with van der Waals surface area (Å²) in [5.41, 5.74) is -1.19. The van der Waals surface area contributed by atoms with Crippen LogP contribution in [0.15, 0.2) is 16.6 Å². The first kappa shape index (κ1) is 11.8. The van der Waals surface area contributed by atoms with Crippen LogP contribution in [0.3, 0.4) is 0 Å². The Morgan fingerprint density at radius 2 is 1.86 bits per heavy atom. The Morgan fingerprint density at radius 1 is 1.29 bits per heavy atom. The zero-order valence-corrected chi connectivity index (χ0v) is 8.97. The molecular formula is C8H4BrClF4.